The molecule has 8 heteroatoms. The Morgan fingerprint density at radius 3 is 2.95 bits per heavy atom. The summed E-state index contributed by atoms with van der Waals surface area (Å²) < 4.78 is 30.5. The summed E-state index contributed by atoms with van der Waals surface area (Å²) in [7, 11) is 1.48. The molecular formula is C14H15F2N3O3. The van der Waals surface area contributed by atoms with Crippen LogP contribution in [0.1, 0.15) is 11.7 Å². The first-order valence-corrected chi connectivity index (χ1v) is 6.43. The molecule has 1 unspecified atom stereocenters. The number of ether oxygens (including phenoxy) is 1. The second-order valence-corrected chi connectivity index (χ2v) is 4.51. The summed E-state index contributed by atoms with van der Waals surface area (Å²) in [6.07, 6.45) is -1.44. The number of halogens is 2. The Labute approximate surface area is 125 Å². The normalized spacial score (nSPS) is 12.2. The molecule has 118 valence electrons. The monoisotopic (exact) mass is 311 g/mol. The standard InChI is InChI=1S/C14H15F2N3O3/c1-22-11-4-2-3-9(5-11)13(20)14(21)18-10-6-17-19(7-10)8-12(15)16/h2-7,12-13,20H,8H2,1H3,(H,18,21). The molecule has 0 aliphatic heterocycles. The summed E-state index contributed by atoms with van der Waals surface area (Å²) in [6, 6.07) is 6.44. The number of benzene rings is 1. The van der Waals surface area contributed by atoms with Gasteiger partial charge in [0.1, 0.15) is 12.3 Å². The number of rotatable bonds is 6. The van der Waals surface area contributed by atoms with Crippen LogP contribution in [-0.4, -0.2) is 34.3 Å². The summed E-state index contributed by atoms with van der Waals surface area (Å²) >= 11 is 0. The first-order chi connectivity index (χ1) is 10.5. The second kappa shape index (κ2) is 6.99. The number of carbonyl (C=O) groups excluding carboxylic acids is 1. The third kappa shape index (κ3) is 4.01. The number of hydrogen-bond acceptors (Lipinski definition) is 4. The maximum atomic E-state index is 12.2. The van der Waals surface area contributed by atoms with Crippen molar-refractivity contribution < 1.29 is 23.4 Å². The van der Waals surface area contributed by atoms with E-state index in [0.29, 0.717) is 11.3 Å². The SMILES string of the molecule is COc1cccc(C(O)C(=O)Nc2cnn(CC(F)F)c2)c1. The Morgan fingerprint density at radius 1 is 1.50 bits per heavy atom. The Balaban J connectivity index is 2.03. The average Bonchev–Trinajstić information content (AvgIpc) is 2.92. The first-order valence-electron chi connectivity index (χ1n) is 6.43. The van der Waals surface area contributed by atoms with Crippen molar-refractivity contribution in [2.24, 2.45) is 0 Å². The van der Waals surface area contributed by atoms with Gasteiger partial charge < -0.3 is 15.2 Å². The Kier molecular flexibility index (Phi) is 5.05. The fourth-order valence-corrected chi connectivity index (χ4v) is 1.84. The zero-order valence-corrected chi connectivity index (χ0v) is 11.7. The van der Waals surface area contributed by atoms with Gasteiger partial charge in [-0.05, 0) is 17.7 Å². The van der Waals surface area contributed by atoms with E-state index in [9.17, 15) is 18.7 Å². The van der Waals surface area contributed by atoms with Gasteiger partial charge in [-0.3, -0.25) is 9.48 Å². The first kappa shape index (κ1) is 15.9. The minimum atomic E-state index is -2.54. The summed E-state index contributed by atoms with van der Waals surface area (Å²) in [5.41, 5.74) is 0.587. The fraction of sp³-hybridized carbons (Fsp3) is 0.286. The molecule has 0 bridgehead atoms. The Morgan fingerprint density at radius 2 is 2.27 bits per heavy atom. The van der Waals surface area contributed by atoms with Crippen molar-refractivity contribution in [2.45, 2.75) is 19.1 Å². The summed E-state index contributed by atoms with van der Waals surface area (Å²) in [5, 5.41) is 16.1. The van der Waals surface area contributed by atoms with E-state index in [2.05, 4.69) is 10.4 Å². The molecule has 0 saturated heterocycles. The van der Waals surface area contributed by atoms with E-state index >= 15 is 0 Å². The molecule has 0 radical (unpaired) electrons. The molecule has 2 N–H and O–H groups in total. The molecule has 22 heavy (non-hydrogen) atoms. The number of methoxy groups -OCH3 is 1. The van der Waals surface area contributed by atoms with Crippen LogP contribution in [0.15, 0.2) is 36.7 Å². The second-order valence-electron chi connectivity index (χ2n) is 4.51. The highest BCUT2D eigenvalue weighted by molar-refractivity contribution is 5.94. The number of anilines is 1. The van der Waals surface area contributed by atoms with Crippen LogP contribution in [0.5, 0.6) is 5.75 Å². The molecule has 6 nitrogen and oxygen atoms in total. The molecule has 1 aromatic carbocycles. The molecule has 1 amide bonds. The third-order valence-corrected chi connectivity index (χ3v) is 2.88. The van der Waals surface area contributed by atoms with Crippen LogP contribution in [0.2, 0.25) is 0 Å². The molecule has 0 aliphatic carbocycles. The maximum absolute atomic E-state index is 12.2. The minimum Gasteiger partial charge on any atom is -0.497 e. The molecule has 1 atom stereocenters. The van der Waals surface area contributed by atoms with Crippen molar-refractivity contribution in [1.29, 1.82) is 0 Å². The lowest BCUT2D eigenvalue weighted by molar-refractivity contribution is -0.124. The van der Waals surface area contributed by atoms with Gasteiger partial charge in [0.05, 0.1) is 19.0 Å². The highest BCUT2D eigenvalue weighted by Gasteiger charge is 2.18. The zero-order valence-electron chi connectivity index (χ0n) is 11.7. The van der Waals surface area contributed by atoms with E-state index in [-0.39, 0.29) is 5.69 Å². The summed E-state index contributed by atoms with van der Waals surface area (Å²) in [5.74, 6) is -0.182. The smallest absolute Gasteiger partial charge is 0.257 e. The third-order valence-electron chi connectivity index (χ3n) is 2.88. The lowest BCUT2D eigenvalue weighted by Gasteiger charge is -2.11. The lowest BCUT2D eigenvalue weighted by atomic mass is 10.1. The van der Waals surface area contributed by atoms with Crippen LogP contribution in [0.25, 0.3) is 0 Å². The number of nitrogens with zero attached hydrogens (tertiary/aromatic N) is 2. The zero-order chi connectivity index (χ0) is 16.1. The van der Waals surface area contributed by atoms with E-state index in [1.54, 1.807) is 18.2 Å². The molecular weight excluding hydrogens is 296 g/mol. The number of aromatic nitrogens is 2. The Hall–Kier alpha value is -2.48. The molecule has 0 spiro atoms. The summed E-state index contributed by atoms with van der Waals surface area (Å²) in [6.45, 7) is -0.561. The number of nitrogens with one attached hydrogen (secondary N) is 1. The number of aliphatic hydroxyl groups excluding tert-OH is 1. The van der Waals surface area contributed by atoms with Gasteiger partial charge in [0.15, 0.2) is 6.10 Å². The number of alkyl halides is 2. The van der Waals surface area contributed by atoms with Gasteiger partial charge in [0, 0.05) is 6.20 Å². The van der Waals surface area contributed by atoms with E-state index in [1.807, 2.05) is 0 Å². The van der Waals surface area contributed by atoms with Crippen molar-refractivity contribution in [3.05, 3.63) is 42.2 Å². The van der Waals surface area contributed by atoms with Crippen molar-refractivity contribution in [3.63, 3.8) is 0 Å². The predicted octanol–water partition coefficient (Wildman–Crippen LogP) is 1.83. The number of amides is 1. The van der Waals surface area contributed by atoms with Gasteiger partial charge in [-0.25, -0.2) is 8.78 Å². The van der Waals surface area contributed by atoms with Gasteiger partial charge in [0.25, 0.3) is 12.3 Å². The van der Waals surface area contributed by atoms with E-state index in [1.165, 1.54) is 25.6 Å². The van der Waals surface area contributed by atoms with E-state index in [4.69, 9.17) is 4.74 Å². The largest absolute Gasteiger partial charge is 0.497 e. The summed E-state index contributed by atoms with van der Waals surface area (Å²) in [4.78, 5) is 12.0. The van der Waals surface area contributed by atoms with Crippen molar-refractivity contribution in [2.75, 3.05) is 12.4 Å². The van der Waals surface area contributed by atoms with E-state index < -0.39 is 25.0 Å². The van der Waals surface area contributed by atoms with Gasteiger partial charge in [0.2, 0.25) is 0 Å². The molecule has 0 saturated carbocycles. The minimum absolute atomic E-state index is 0.229. The molecule has 2 aromatic rings. The highest BCUT2D eigenvalue weighted by atomic mass is 19.3. The number of carbonyl (C=O) groups is 1. The molecule has 1 heterocycles. The topological polar surface area (TPSA) is 76.4 Å². The van der Waals surface area contributed by atoms with E-state index in [0.717, 1.165) is 4.68 Å². The van der Waals surface area contributed by atoms with Crippen molar-refractivity contribution in [3.8, 4) is 5.75 Å². The van der Waals surface area contributed by atoms with Crippen LogP contribution < -0.4 is 10.1 Å². The predicted molar refractivity (Wildman–Crippen MR) is 74.8 cm³/mol. The van der Waals surface area contributed by atoms with Crippen LogP contribution >= 0.6 is 0 Å². The molecule has 0 aliphatic rings. The van der Waals surface area contributed by atoms with Crippen molar-refractivity contribution >= 4 is 11.6 Å². The van der Waals surface area contributed by atoms with Crippen LogP contribution in [-0.2, 0) is 11.3 Å². The quantitative estimate of drug-likeness (QED) is 0.853. The van der Waals surface area contributed by atoms with Gasteiger partial charge in [-0.15, -0.1) is 0 Å². The van der Waals surface area contributed by atoms with Crippen LogP contribution in [0.3, 0.4) is 0 Å². The van der Waals surface area contributed by atoms with Gasteiger partial charge in [-0.1, -0.05) is 12.1 Å². The lowest BCUT2D eigenvalue weighted by Crippen LogP contribution is -2.20. The Bertz CT molecular complexity index is 646. The van der Waals surface area contributed by atoms with Crippen molar-refractivity contribution in [1.82, 2.24) is 9.78 Å². The number of hydrogen-bond donors (Lipinski definition) is 2. The average molecular weight is 311 g/mol. The van der Waals surface area contributed by atoms with Gasteiger partial charge in [-0.2, -0.15) is 5.10 Å². The maximum Gasteiger partial charge on any atom is 0.257 e. The van der Waals surface area contributed by atoms with Gasteiger partial charge >= 0.3 is 0 Å². The molecule has 0 fully saturated rings. The van der Waals surface area contributed by atoms with Crippen LogP contribution in [0, 0.1) is 0 Å². The fourth-order valence-electron chi connectivity index (χ4n) is 1.84. The molecule has 1 aromatic heterocycles. The molecule has 2 rings (SSSR count). The number of aliphatic hydroxyl groups is 1. The van der Waals surface area contributed by atoms with Crippen LogP contribution in [0.4, 0.5) is 14.5 Å². The highest BCUT2D eigenvalue weighted by Crippen LogP contribution is 2.20.